The van der Waals surface area contributed by atoms with Crippen LogP contribution >= 0.6 is 0 Å². The highest BCUT2D eigenvalue weighted by Crippen LogP contribution is 2.08. The van der Waals surface area contributed by atoms with Gasteiger partial charge in [-0.1, -0.05) is 5.57 Å². The molecule has 4 heteroatoms. The lowest BCUT2D eigenvalue weighted by Gasteiger charge is -2.33. The number of carbonyl (C=O) groups is 1. The molecule has 0 aliphatic carbocycles. The van der Waals surface area contributed by atoms with Crippen molar-refractivity contribution in [3.05, 3.63) is 11.6 Å². The van der Waals surface area contributed by atoms with Gasteiger partial charge in [0.25, 0.3) is 0 Å². The van der Waals surface area contributed by atoms with Crippen molar-refractivity contribution in [2.75, 3.05) is 26.4 Å². The van der Waals surface area contributed by atoms with Gasteiger partial charge in [0, 0.05) is 12.6 Å². The van der Waals surface area contributed by atoms with Gasteiger partial charge in [0.1, 0.15) is 0 Å². The van der Waals surface area contributed by atoms with Crippen LogP contribution in [0.5, 0.6) is 0 Å². The van der Waals surface area contributed by atoms with E-state index in [1.807, 2.05) is 13.8 Å². The minimum Gasteiger partial charge on any atom is -0.394 e. The van der Waals surface area contributed by atoms with Crippen LogP contribution in [-0.2, 0) is 9.53 Å². The highest BCUT2D eigenvalue weighted by Gasteiger charge is 2.25. The smallest absolute Gasteiger partial charge is 0.246 e. The molecule has 1 aliphatic heterocycles. The van der Waals surface area contributed by atoms with Gasteiger partial charge in [-0.2, -0.15) is 0 Å². The number of nitrogens with zero attached hydrogens (tertiary/aromatic N) is 1. The summed E-state index contributed by atoms with van der Waals surface area (Å²) in [7, 11) is 0. The molecule has 1 saturated heterocycles. The number of hydrogen-bond acceptors (Lipinski definition) is 3. The lowest BCUT2D eigenvalue weighted by atomic mass is 10.2. The summed E-state index contributed by atoms with van der Waals surface area (Å²) in [6, 6.07) is -0.188. The molecule has 0 aromatic rings. The minimum absolute atomic E-state index is 0.0349. The van der Waals surface area contributed by atoms with Crippen LogP contribution < -0.4 is 0 Å². The maximum atomic E-state index is 11.7. The maximum absolute atomic E-state index is 11.7. The van der Waals surface area contributed by atoms with Crippen LogP contribution in [0.3, 0.4) is 0 Å². The summed E-state index contributed by atoms with van der Waals surface area (Å²) in [5, 5.41) is 9.05. The Morgan fingerprint density at radius 1 is 1.64 bits per heavy atom. The fraction of sp³-hybridized carbons (Fsp3) is 0.700. The van der Waals surface area contributed by atoms with Crippen molar-refractivity contribution in [3.8, 4) is 0 Å². The second kappa shape index (κ2) is 5.12. The molecule has 14 heavy (non-hydrogen) atoms. The zero-order chi connectivity index (χ0) is 10.6. The fourth-order valence-electron chi connectivity index (χ4n) is 1.43. The van der Waals surface area contributed by atoms with Crippen molar-refractivity contribution in [3.63, 3.8) is 0 Å². The summed E-state index contributed by atoms with van der Waals surface area (Å²) < 4.78 is 5.18. The van der Waals surface area contributed by atoms with E-state index in [9.17, 15) is 4.79 Å². The summed E-state index contributed by atoms with van der Waals surface area (Å²) in [6.07, 6.45) is 1.59. The quantitative estimate of drug-likeness (QED) is 0.645. The number of aliphatic hydroxyl groups excluding tert-OH is 1. The van der Waals surface area contributed by atoms with Crippen molar-refractivity contribution in [1.29, 1.82) is 0 Å². The second-order valence-corrected chi connectivity index (χ2v) is 3.66. The van der Waals surface area contributed by atoms with E-state index in [0.29, 0.717) is 19.8 Å². The lowest BCUT2D eigenvalue weighted by molar-refractivity contribution is -0.136. The number of carbonyl (C=O) groups excluding carboxylic acids is 1. The van der Waals surface area contributed by atoms with E-state index < -0.39 is 0 Å². The highest BCUT2D eigenvalue weighted by molar-refractivity contribution is 5.88. The van der Waals surface area contributed by atoms with Gasteiger partial charge in [0.2, 0.25) is 5.91 Å². The summed E-state index contributed by atoms with van der Waals surface area (Å²) >= 11 is 0. The molecule has 4 nitrogen and oxygen atoms in total. The van der Waals surface area contributed by atoms with Gasteiger partial charge in [-0.25, -0.2) is 0 Å². The molecule has 0 aromatic carbocycles. The predicted octanol–water partition coefficient (Wildman–Crippen LogP) is 0.172. The molecular weight excluding hydrogens is 182 g/mol. The average molecular weight is 199 g/mol. The average Bonchev–Trinajstić information content (AvgIpc) is 2.16. The molecule has 1 rings (SSSR count). The van der Waals surface area contributed by atoms with E-state index in [1.54, 1.807) is 11.0 Å². The minimum atomic E-state index is -0.188. The number of aliphatic hydroxyl groups is 1. The largest absolute Gasteiger partial charge is 0.394 e. The van der Waals surface area contributed by atoms with Crippen molar-refractivity contribution < 1.29 is 14.6 Å². The third-order valence-corrected chi connectivity index (χ3v) is 2.13. The third-order valence-electron chi connectivity index (χ3n) is 2.13. The Labute approximate surface area is 84.2 Å². The Bertz CT molecular complexity index is 234. The van der Waals surface area contributed by atoms with Gasteiger partial charge in [-0.15, -0.1) is 0 Å². The van der Waals surface area contributed by atoms with Crippen LogP contribution in [0.4, 0.5) is 0 Å². The molecule has 1 amide bonds. The van der Waals surface area contributed by atoms with Gasteiger partial charge in [-0.3, -0.25) is 4.79 Å². The molecule has 1 atom stereocenters. The molecule has 1 aliphatic rings. The predicted molar refractivity (Wildman–Crippen MR) is 52.8 cm³/mol. The Morgan fingerprint density at radius 3 is 2.93 bits per heavy atom. The van der Waals surface area contributed by atoms with E-state index in [0.717, 1.165) is 5.57 Å². The van der Waals surface area contributed by atoms with Gasteiger partial charge >= 0.3 is 0 Å². The first-order valence-electron chi connectivity index (χ1n) is 4.79. The number of allylic oxidation sites excluding steroid dienone is 1. The van der Waals surface area contributed by atoms with Crippen LogP contribution in [0, 0.1) is 0 Å². The molecule has 80 valence electrons. The van der Waals surface area contributed by atoms with E-state index in [4.69, 9.17) is 9.84 Å². The Morgan fingerprint density at radius 2 is 2.36 bits per heavy atom. The zero-order valence-corrected chi connectivity index (χ0v) is 8.69. The number of ether oxygens (including phenoxy) is 1. The first-order chi connectivity index (χ1) is 6.65. The standard InChI is InChI=1S/C10H17NO3/c1-8(2)5-10(13)11-3-4-14-7-9(11)6-12/h5,9,12H,3-4,6-7H2,1-2H3. The molecule has 0 spiro atoms. The Balaban J connectivity index is 2.63. The molecule has 1 fully saturated rings. The van der Waals surface area contributed by atoms with E-state index in [1.165, 1.54) is 0 Å². The molecule has 0 aromatic heterocycles. The second-order valence-electron chi connectivity index (χ2n) is 3.66. The molecule has 1 heterocycles. The van der Waals surface area contributed by atoms with Crippen molar-refractivity contribution in [2.24, 2.45) is 0 Å². The summed E-state index contributed by atoms with van der Waals surface area (Å²) in [5.41, 5.74) is 0.971. The third kappa shape index (κ3) is 2.82. The number of rotatable bonds is 2. The van der Waals surface area contributed by atoms with E-state index >= 15 is 0 Å². The Kier molecular flexibility index (Phi) is 4.10. The van der Waals surface area contributed by atoms with Crippen LogP contribution in [0.15, 0.2) is 11.6 Å². The summed E-state index contributed by atoms with van der Waals surface area (Å²) in [6.45, 7) is 5.27. The van der Waals surface area contributed by atoms with Crippen LogP contribution in [0.1, 0.15) is 13.8 Å². The Hall–Kier alpha value is -0.870. The first-order valence-corrected chi connectivity index (χ1v) is 4.79. The van der Waals surface area contributed by atoms with Crippen LogP contribution in [0.25, 0.3) is 0 Å². The van der Waals surface area contributed by atoms with E-state index in [2.05, 4.69) is 0 Å². The zero-order valence-electron chi connectivity index (χ0n) is 8.69. The van der Waals surface area contributed by atoms with Crippen LogP contribution in [0.2, 0.25) is 0 Å². The van der Waals surface area contributed by atoms with Crippen LogP contribution in [-0.4, -0.2) is 48.3 Å². The SMILES string of the molecule is CC(C)=CC(=O)N1CCOCC1CO. The molecular formula is C10H17NO3. The van der Waals surface area contributed by atoms with Gasteiger partial charge in [0.15, 0.2) is 0 Å². The van der Waals surface area contributed by atoms with Gasteiger partial charge in [0.05, 0.1) is 25.9 Å². The first kappa shape index (κ1) is 11.2. The number of hydrogen-bond donors (Lipinski definition) is 1. The summed E-state index contributed by atoms with van der Waals surface area (Å²) in [5.74, 6) is -0.0349. The molecule has 0 radical (unpaired) electrons. The van der Waals surface area contributed by atoms with Crippen molar-refractivity contribution >= 4 is 5.91 Å². The maximum Gasteiger partial charge on any atom is 0.246 e. The van der Waals surface area contributed by atoms with Crippen molar-refractivity contribution in [1.82, 2.24) is 4.90 Å². The lowest BCUT2D eigenvalue weighted by Crippen LogP contribution is -2.50. The number of amides is 1. The molecule has 0 saturated carbocycles. The van der Waals surface area contributed by atoms with E-state index in [-0.39, 0.29) is 18.6 Å². The van der Waals surface area contributed by atoms with Crippen molar-refractivity contribution in [2.45, 2.75) is 19.9 Å². The fourth-order valence-corrected chi connectivity index (χ4v) is 1.43. The number of morpholine rings is 1. The highest BCUT2D eigenvalue weighted by atomic mass is 16.5. The molecule has 1 unspecified atom stereocenters. The summed E-state index contributed by atoms with van der Waals surface area (Å²) in [4.78, 5) is 13.3. The topological polar surface area (TPSA) is 49.8 Å². The van der Waals surface area contributed by atoms with Gasteiger partial charge in [-0.05, 0) is 13.8 Å². The van der Waals surface area contributed by atoms with Gasteiger partial charge < -0.3 is 14.7 Å². The normalized spacial score (nSPS) is 21.9. The molecule has 1 N–H and O–H groups in total. The molecule has 0 bridgehead atoms. The monoisotopic (exact) mass is 199 g/mol.